The summed E-state index contributed by atoms with van der Waals surface area (Å²) in [7, 11) is 0. The lowest BCUT2D eigenvalue weighted by Gasteiger charge is -2.20. The van der Waals surface area contributed by atoms with Crippen LogP contribution in [-0.4, -0.2) is 14.4 Å². The fraction of sp³-hybridized carbons (Fsp3) is 0.381. The molecule has 0 spiro atoms. The molecule has 3 heteroatoms. The molecule has 0 aliphatic heterocycles. The molecule has 2 rings (SSSR count). The van der Waals surface area contributed by atoms with Gasteiger partial charge < -0.3 is 0 Å². The predicted molar refractivity (Wildman–Crippen MR) is 110 cm³/mol. The molecule has 0 unspecified atom stereocenters. The van der Waals surface area contributed by atoms with E-state index in [4.69, 9.17) is 0 Å². The molecule has 0 saturated heterocycles. The Labute approximate surface area is 162 Å². The molecule has 128 valence electrons. The lowest BCUT2D eigenvalue weighted by atomic mass is 9.89. The number of benzene rings is 2. The van der Waals surface area contributed by atoms with Crippen molar-refractivity contribution in [3.8, 4) is 0 Å². The molecule has 0 aliphatic rings. The van der Waals surface area contributed by atoms with Gasteiger partial charge in [0.25, 0.3) is 0 Å². The van der Waals surface area contributed by atoms with Gasteiger partial charge in [0.2, 0.25) is 0 Å². The van der Waals surface area contributed by atoms with Gasteiger partial charge in [0, 0.05) is 19.8 Å². The number of rotatable bonds is 6. The van der Waals surface area contributed by atoms with Crippen molar-refractivity contribution >= 4 is 37.6 Å². The van der Waals surface area contributed by atoms with E-state index in [2.05, 4.69) is 59.6 Å². The average molecular weight is 452 g/mol. The minimum atomic E-state index is -0.0409. The number of hydrogen-bond donors (Lipinski definition) is 0. The second-order valence-electron chi connectivity index (χ2n) is 7.43. The Hall–Kier alpha value is -0.930. The number of alkyl halides is 2. The summed E-state index contributed by atoms with van der Waals surface area (Å²) >= 11 is 7.38. The van der Waals surface area contributed by atoms with Crippen LogP contribution in [-0.2, 0) is 12.8 Å². The van der Waals surface area contributed by atoms with E-state index in [0.29, 0.717) is 0 Å². The smallest absolute Gasteiger partial charge is 0.193 e. The van der Waals surface area contributed by atoms with Crippen LogP contribution in [0.3, 0.4) is 0 Å². The number of hydrogen-bond acceptors (Lipinski definition) is 1. The molecule has 1 nitrogen and oxygen atoms in total. The minimum absolute atomic E-state index is 0.0409. The van der Waals surface area contributed by atoms with Crippen LogP contribution in [0.15, 0.2) is 48.5 Å². The molecule has 0 atom stereocenters. The number of carbonyl (C=O) groups excluding carboxylic acids is 1. The Morgan fingerprint density at radius 3 is 1.42 bits per heavy atom. The maximum Gasteiger partial charge on any atom is 0.193 e. The van der Waals surface area contributed by atoms with E-state index in [1.54, 1.807) is 0 Å². The van der Waals surface area contributed by atoms with E-state index >= 15 is 0 Å². The van der Waals surface area contributed by atoms with Crippen molar-refractivity contribution in [1.29, 1.82) is 0 Å². The standard InChI is InChI=1S/C21H24Br2O/c1-20(2,22)13-15-9-5-7-11-17(15)19(24)18-12-8-6-10-16(18)14-21(3,4)23/h5-12H,13-14H2,1-4H3. The number of carbonyl (C=O) groups is 1. The zero-order valence-electron chi connectivity index (χ0n) is 14.7. The van der Waals surface area contributed by atoms with Crippen molar-refractivity contribution < 1.29 is 4.79 Å². The maximum atomic E-state index is 13.2. The fourth-order valence-corrected chi connectivity index (χ4v) is 3.45. The van der Waals surface area contributed by atoms with Gasteiger partial charge in [-0.25, -0.2) is 0 Å². The summed E-state index contributed by atoms with van der Waals surface area (Å²) in [6, 6.07) is 15.8. The van der Waals surface area contributed by atoms with Crippen LogP contribution in [0.1, 0.15) is 54.7 Å². The third-order valence-electron chi connectivity index (χ3n) is 3.75. The molecule has 0 N–H and O–H groups in total. The summed E-state index contributed by atoms with van der Waals surface area (Å²) in [5.41, 5.74) is 3.75. The Morgan fingerprint density at radius 2 is 1.08 bits per heavy atom. The molecule has 0 heterocycles. The lowest BCUT2D eigenvalue weighted by molar-refractivity contribution is 0.103. The van der Waals surface area contributed by atoms with Crippen LogP contribution >= 0.6 is 31.9 Å². The van der Waals surface area contributed by atoms with E-state index < -0.39 is 0 Å². The summed E-state index contributed by atoms with van der Waals surface area (Å²) in [6.45, 7) is 8.48. The van der Waals surface area contributed by atoms with Crippen molar-refractivity contribution in [1.82, 2.24) is 0 Å². The van der Waals surface area contributed by atoms with Crippen molar-refractivity contribution in [3.05, 3.63) is 70.8 Å². The second-order valence-corrected chi connectivity index (χ2v) is 11.7. The van der Waals surface area contributed by atoms with Gasteiger partial charge >= 0.3 is 0 Å². The zero-order chi connectivity index (χ0) is 18.0. The highest BCUT2D eigenvalue weighted by molar-refractivity contribution is 9.10. The first-order valence-corrected chi connectivity index (χ1v) is 9.74. The topological polar surface area (TPSA) is 17.1 Å². The fourth-order valence-electron chi connectivity index (χ4n) is 2.84. The van der Waals surface area contributed by atoms with Crippen molar-refractivity contribution in [3.63, 3.8) is 0 Å². The molecule has 2 aromatic rings. The highest BCUT2D eigenvalue weighted by atomic mass is 79.9. The van der Waals surface area contributed by atoms with Crippen LogP contribution in [0.2, 0.25) is 0 Å². The van der Waals surface area contributed by atoms with Gasteiger partial charge in [0.05, 0.1) is 0 Å². The Balaban J connectivity index is 2.44. The van der Waals surface area contributed by atoms with Gasteiger partial charge in [-0.2, -0.15) is 0 Å². The molecule has 0 bridgehead atoms. The molecule has 0 radical (unpaired) electrons. The van der Waals surface area contributed by atoms with Crippen LogP contribution < -0.4 is 0 Å². The molecule has 0 saturated carbocycles. The quantitative estimate of drug-likeness (QED) is 0.369. The molecule has 2 aromatic carbocycles. The molecule has 0 amide bonds. The van der Waals surface area contributed by atoms with E-state index in [0.717, 1.165) is 35.1 Å². The van der Waals surface area contributed by atoms with E-state index in [1.807, 2.05) is 48.5 Å². The summed E-state index contributed by atoms with van der Waals surface area (Å²) in [4.78, 5) is 13.2. The molecule has 0 aliphatic carbocycles. The third kappa shape index (κ3) is 5.56. The first-order chi connectivity index (χ1) is 11.1. The van der Waals surface area contributed by atoms with Crippen molar-refractivity contribution in [2.45, 2.75) is 49.2 Å². The summed E-state index contributed by atoms with van der Waals surface area (Å²) in [6.07, 6.45) is 1.61. The van der Waals surface area contributed by atoms with E-state index in [9.17, 15) is 4.79 Å². The van der Waals surface area contributed by atoms with Crippen molar-refractivity contribution in [2.75, 3.05) is 0 Å². The predicted octanol–water partition coefficient (Wildman–Crippen LogP) is 6.35. The Kier molecular flexibility index (Phi) is 6.09. The molecular weight excluding hydrogens is 428 g/mol. The SMILES string of the molecule is CC(C)(Br)Cc1ccccc1C(=O)c1ccccc1CC(C)(C)Br. The molecular formula is C21H24Br2O. The number of ketones is 1. The normalized spacial score (nSPS) is 12.2. The number of halogens is 2. The highest BCUT2D eigenvalue weighted by Gasteiger charge is 2.23. The third-order valence-corrected chi connectivity index (χ3v) is 4.31. The zero-order valence-corrected chi connectivity index (χ0v) is 17.9. The van der Waals surface area contributed by atoms with Crippen LogP contribution in [0.4, 0.5) is 0 Å². The lowest BCUT2D eigenvalue weighted by Crippen LogP contribution is -2.19. The van der Waals surface area contributed by atoms with Crippen LogP contribution in [0.25, 0.3) is 0 Å². The van der Waals surface area contributed by atoms with Gasteiger partial charge in [-0.15, -0.1) is 0 Å². The van der Waals surface area contributed by atoms with Crippen LogP contribution in [0.5, 0.6) is 0 Å². The summed E-state index contributed by atoms with van der Waals surface area (Å²) in [5, 5.41) is 0. The molecule has 0 fully saturated rings. The monoisotopic (exact) mass is 450 g/mol. The van der Waals surface area contributed by atoms with E-state index in [1.165, 1.54) is 0 Å². The highest BCUT2D eigenvalue weighted by Crippen LogP contribution is 2.28. The maximum absolute atomic E-state index is 13.2. The first kappa shape index (κ1) is 19.4. The first-order valence-electron chi connectivity index (χ1n) is 8.15. The summed E-state index contributed by atoms with van der Waals surface area (Å²) < 4.78 is -0.0818. The van der Waals surface area contributed by atoms with E-state index in [-0.39, 0.29) is 14.4 Å². The van der Waals surface area contributed by atoms with Gasteiger partial charge in [0.1, 0.15) is 0 Å². The Bertz CT molecular complexity index is 660. The average Bonchev–Trinajstić information content (AvgIpc) is 2.44. The van der Waals surface area contributed by atoms with Crippen LogP contribution in [0, 0.1) is 0 Å². The summed E-state index contributed by atoms with van der Waals surface area (Å²) in [5.74, 6) is 0.106. The Morgan fingerprint density at radius 1 is 0.750 bits per heavy atom. The second kappa shape index (κ2) is 7.53. The van der Waals surface area contributed by atoms with Gasteiger partial charge in [0.15, 0.2) is 5.78 Å². The largest absolute Gasteiger partial charge is 0.289 e. The van der Waals surface area contributed by atoms with Gasteiger partial charge in [-0.3, -0.25) is 4.79 Å². The van der Waals surface area contributed by atoms with Gasteiger partial charge in [-0.05, 0) is 51.7 Å². The van der Waals surface area contributed by atoms with Crippen molar-refractivity contribution in [2.24, 2.45) is 0 Å². The molecule has 24 heavy (non-hydrogen) atoms. The minimum Gasteiger partial charge on any atom is -0.289 e. The molecule has 0 aromatic heterocycles. The van der Waals surface area contributed by atoms with Gasteiger partial charge in [-0.1, -0.05) is 80.4 Å².